The van der Waals surface area contributed by atoms with Gasteiger partial charge in [-0.3, -0.25) is 4.79 Å². The Labute approximate surface area is 98.6 Å². The number of carbonyl (C=O) groups is 2. The van der Waals surface area contributed by atoms with Crippen LogP contribution in [-0.2, 0) is 4.79 Å². The van der Waals surface area contributed by atoms with Gasteiger partial charge in [-0.05, 0) is 24.6 Å². The quantitative estimate of drug-likeness (QED) is 0.779. The van der Waals surface area contributed by atoms with Crippen molar-refractivity contribution >= 4 is 17.6 Å². The van der Waals surface area contributed by atoms with Gasteiger partial charge in [-0.1, -0.05) is 13.0 Å². The van der Waals surface area contributed by atoms with E-state index in [-0.39, 0.29) is 5.91 Å². The van der Waals surface area contributed by atoms with Gasteiger partial charge in [0.25, 0.3) is 5.91 Å². The van der Waals surface area contributed by atoms with Crippen LogP contribution in [0.25, 0.3) is 0 Å². The van der Waals surface area contributed by atoms with Crippen LogP contribution in [0.15, 0.2) is 24.3 Å². The minimum Gasteiger partial charge on any atom is -0.325 e. The predicted octanol–water partition coefficient (Wildman–Crippen LogP) is 1.39. The Balaban J connectivity index is 2.37. The molecule has 2 rings (SSSR count). The van der Waals surface area contributed by atoms with E-state index in [4.69, 9.17) is 5.26 Å². The smallest absolute Gasteiger partial charge is 0.325 e. The highest BCUT2D eigenvalue weighted by Crippen LogP contribution is 2.21. The first-order valence-electron chi connectivity index (χ1n) is 5.32. The summed E-state index contributed by atoms with van der Waals surface area (Å²) in [4.78, 5) is 24.7. The highest BCUT2D eigenvalue weighted by atomic mass is 16.2. The minimum absolute atomic E-state index is 0.271. The van der Waals surface area contributed by atoms with Crippen LogP contribution < -0.4 is 10.2 Å². The lowest BCUT2D eigenvalue weighted by Gasteiger charge is -2.12. The third-order valence-electron chi connectivity index (χ3n) is 2.66. The largest absolute Gasteiger partial charge is 0.329 e. The number of carbonyl (C=O) groups excluding carboxylic acids is 2. The normalized spacial score (nSPS) is 19.1. The predicted molar refractivity (Wildman–Crippen MR) is 61.3 cm³/mol. The molecule has 1 heterocycles. The van der Waals surface area contributed by atoms with E-state index in [2.05, 4.69) is 5.32 Å². The fourth-order valence-corrected chi connectivity index (χ4v) is 1.77. The fraction of sp³-hybridized carbons (Fsp3) is 0.250. The summed E-state index contributed by atoms with van der Waals surface area (Å²) < 4.78 is 0. The van der Waals surface area contributed by atoms with Crippen molar-refractivity contribution in [2.24, 2.45) is 0 Å². The summed E-state index contributed by atoms with van der Waals surface area (Å²) in [5.74, 6) is -0.271. The highest BCUT2D eigenvalue weighted by Gasteiger charge is 2.37. The SMILES string of the molecule is CCC1NC(=O)N(c2cccc(C#N)c2)C1=O. The second kappa shape index (κ2) is 4.26. The molecular formula is C12H11N3O2. The average molecular weight is 229 g/mol. The van der Waals surface area contributed by atoms with Crippen LogP contribution in [0.4, 0.5) is 10.5 Å². The van der Waals surface area contributed by atoms with Crippen LogP contribution in [0.2, 0.25) is 0 Å². The lowest BCUT2D eigenvalue weighted by molar-refractivity contribution is -0.118. The monoisotopic (exact) mass is 229 g/mol. The van der Waals surface area contributed by atoms with Crippen molar-refractivity contribution in [2.45, 2.75) is 19.4 Å². The molecule has 5 nitrogen and oxygen atoms in total. The Hall–Kier alpha value is -2.35. The third kappa shape index (κ3) is 1.85. The zero-order valence-electron chi connectivity index (χ0n) is 9.30. The highest BCUT2D eigenvalue weighted by molar-refractivity contribution is 6.21. The number of nitrogens with zero attached hydrogens (tertiary/aromatic N) is 2. The third-order valence-corrected chi connectivity index (χ3v) is 2.66. The molecule has 0 spiro atoms. The Kier molecular flexibility index (Phi) is 2.79. The summed E-state index contributed by atoms with van der Waals surface area (Å²) in [6, 6.07) is 7.51. The van der Waals surface area contributed by atoms with Crippen molar-refractivity contribution in [3.8, 4) is 6.07 Å². The first-order valence-corrected chi connectivity index (χ1v) is 5.32. The van der Waals surface area contributed by atoms with E-state index in [1.54, 1.807) is 18.2 Å². The molecule has 5 heteroatoms. The summed E-state index contributed by atoms with van der Waals surface area (Å²) in [6.45, 7) is 1.83. The molecule has 0 aromatic heterocycles. The average Bonchev–Trinajstić information content (AvgIpc) is 2.64. The molecule has 0 bridgehead atoms. The van der Waals surface area contributed by atoms with E-state index < -0.39 is 12.1 Å². The number of hydrogen-bond donors (Lipinski definition) is 1. The van der Waals surface area contributed by atoms with Crippen molar-refractivity contribution in [3.63, 3.8) is 0 Å². The van der Waals surface area contributed by atoms with Gasteiger partial charge >= 0.3 is 6.03 Å². The number of nitriles is 1. The summed E-state index contributed by atoms with van der Waals surface area (Å²) in [5.41, 5.74) is 0.852. The van der Waals surface area contributed by atoms with E-state index >= 15 is 0 Å². The zero-order valence-corrected chi connectivity index (χ0v) is 9.30. The standard InChI is InChI=1S/C12H11N3O2/c1-2-10-11(16)15(12(17)14-10)9-5-3-4-8(6-9)7-13/h3-6,10H,2H2,1H3,(H,14,17). The number of hydrogen-bond acceptors (Lipinski definition) is 3. The van der Waals surface area contributed by atoms with E-state index in [1.807, 2.05) is 13.0 Å². The van der Waals surface area contributed by atoms with Crippen LogP contribution in [-0.4, -0.2) is 18.0 Å². The maximum absolute atomic E-state index is 11.9. The second-order valence-electron chi connectivity index (χ2n) is 3.75. The number of amides is 3. The number of urea groups is 1. The van der Waals surface area contributed by atoms with Crippen molar-refractivity contribution in [3.05, 3.63) is 29.8 Å². The molecule has 86 valence electrons. The molecule has 1 unspecified atom stereocenters. The summed E-state index contributed by atoms with van der Waals surface area (Å²) >= 11 is 0. The fourth-order valence-electron chi connectivity index (χ4n) is 1.77. The van der Waals surface area contributed by atoms with Crippen LogP contribution in [0, 0.1) is 11.3 Å². The lowest BCUT2D eigenvalue weighted by Crippen LogP contribution is -2.31. The molecule has 3 amide bonds. The molecular weight excluding hydrogens is 218 g/mol. The number of anilines is 1. The second-order valence-corrected chi connectivity index (χ2v) is 3.75. The van der Waals surface area contributed by atoms with Crippen molar-refractivity contribution in [2.75, 3.05) is 4.90 Å². The number of benzene rings is 1. The molecule has 1 aromatic rings. The van der Waals surface area contributed by atoms with E-state index in [0.717, 1.165) is 4.90 Å². The Bertz CT molecular complexity index is 519. The number of imide groups is 1. The van der Waals surface area contributed by atoms with Gasteiger partial charge in [0, 0.05) is 0 Å². The van der Waals surface area contributed by atoms with Crippen molar-refractivity contribution < 1.29 is 9.59 Å². The summed E-state index contributed by atoms with van der Waals surface area (Å²) in [5, 5.41) is 11.4. The Morgan fingerprint density at radius 3 is 2.82 bits per heavy atom. The van der Waals surface area contributed by atoms with Gasteiger partial charge in [0.2, 0.25) is 0 Å². The van der Waals surface area contributed by atoms with Crippen LogP contribution in [0.3, 0.4) is 0 Å². The van der Waals surface area contributed by atoms with E-state index in [9.17, 15) is 9.59 Å². The van der Waals surface area contributed by atoms with Crippen LogP contribution >= 0.6 is 0 Å². The first-order chi connectivity index (χ1) is 8.17. The molecule has 1 aromatic carbocycles. The molecule has 1 atom stereocenters. The molecule has 1 fully saturated rings. The summed E-state index contributed by atoms with van der Waals surface area (Å²) in [7, 11) is 0. The molecule has 1 saturated heterocycles. The van der Waals surface area contributed by atoms with Gasteiger partial charge in [-0.2, -0.15) is 5.26 Å². The van der Waals surface area contributed by atoms with Gasteiger partial charge in [0.15, 0.2) is 0 Å². The van der Waals surface area contributed by atoms with E-state index in [0.29, 0.717) is 17.7 Å². The minimum atomic E-state index is -0.465. The van der Waals surface area contributed by atoms with Crippen LogP contribution in [0.5, 0.6) is 0 Å². The van der Waals surface area contributed by atoms with Gasteiger partial charge in [0.05, 0.1) is 17.3 Å². The molecule has 1 aliphatic rings. The van der Waals surface area contributed by atoms with Crippen molar-refractivity contribution in [1.82, 2.24) is 5.32 Å². The number of rotatable bonds is 2. The summed E-state index contributed by atoms with van der Waals surface area (Å²) in [6.07, 6.45) is 0.555. The zero-order chi connectivity index (χ0) is 12.4. The number of nitrogens with one attached hydrogen (secondary N) is 1. The topological polar surface area (TPSA) is 73.2 Å². The molecule has 0 saturated carbocycles. The first kappa shape index (κ1) is 11.1. The molecule has 0 radical (unpaired) electrons. The Morgan fingerprint density at radius 1 is 1.47 bits per heavy atom. The molecule has 17 heavy (non-hydrogen) atoms. The lowest BCUT2D eigenvalue weighted by atomic mass is 10.2. The maximum Gasteiger partial charge on any atom is 0.329 e. The van der Waals surface area contributed by atoms with Gasteiger partial charge < -0.3 is 5.32 Å². The molecule has 1 aliphatic heterocycles. The molecule has 0 aliphatic carbocycles. The van der Waals surface area contributed by atoms with Gasteiger partial charge in [-0.25, -0.2) is 9.69 Å². The maximum atomic E-state index is 11.9. The Morgan fingerprint density at radius 2 is 2.24 bits per heavy atom. The van der Waals surface area contributed by atoms with Gasteiger partial charge in [0.1, 0.15) is 6.04 Å². The van der Waals surface area contributed by atoms with Gasteiger partial charge in [-0.15, -0.1) is 0 Å². The van der Waals surface area contributed by atoms with Crippen LogP contribution in [0.1, 0.15) is 18.9 Å². The van der Waals surface area contributed by atoms with E-state index in [1.165, 1.54) is 6.07 Å². The molecule has 1 N–H and O–H groups in total. The van der Waals surface area contributed by atoms with Crippen molar-refractivity contribution in [1.29, 1.82) is 5.26 Å².